The second-order valence-electron chi connectivity index (χ2n) is 5.14. The first kappa shape index (κ1) is 15.3. The van der Waals surface area contributed by atoms with E-state index < -0.39 is 0 Å². The number of halogens is 2. The number of aromatic amines is 1. The van der Waals surface area contributed by atoms with Crippen LogP contribution in [0, 0.1) is 13.8 Å². The van der Waals surface area contributed by atoms with Crippen molar-refractivity contribution in [3.8, 4) is 0 Å². The summed E-state index contributed by atoms with van der Waals surface area (Å²) in [5.41, 5.74) is 9.17. The Morgan fingerprint density at radius 1 is 1.23 bits per heavy atom. The minimum Gasteiger partial charge on any atom is -0.397 e. The van der Waals surface area contributed by atoms with Crippen LogP contribution in [-0.2, 0) is 0 Å². The van der Waals surface area contributed by atoms with Gasteiger partial charge in [-0.05, 0) is 30.7 Å². The smallest absolute Gasteiger partial charge is 0.270 e. The lowest BCUT2D eigenvalue weighted by atomic mass is 10.1. The average molecular weight is 352 g/mol. The number of anilines is 1. The van der Waals surface area contributed by atoms with Gasteiger partial charge in [0.05, 0.1) is 16.1 Å². The molecule has 22 heavy (non-hydrogen) atoms. The Bertz CT molecular complexity index is 918. The van der Waals surface area contributed by atoms with Crippen LogP contribution in [-0.4, -0.2) is 5.78 Å². The SMILES string of the molecule is Cc1cc(C)c2c(N)c(C(=O)c3ccc(Cl)cc3Cl)sc2[nH+]1. The molecule has 0 bridgehead atoms. The third-order valence-electron chi connectivity index (χ3n) is 3.47. The molecule has 0 unspecified atom stereocenters. The van der Waals surface area contributed by atoms with Gasteiger partial charge < -0.3 is 5.73 Å². The van der Waals surface area contributed by atoms with E-state index in [1.165, 1.54) is 11.3 Å². The zero-order chi connectivity index (χ0) is 16.0. The van der Waals surface area contributed by atoms with Crippen molar-refractivity contribution in [2.75, 3.05) is 5.73 Å². The van der Waals surface area contributed by atoms with Gasteiger partial charge in [0.25, 0.3) is 4.83 Å². The second-order valence-corrected chi connectivity index (χ2v) is 7.00. The van der Waals surface area contributed by atoms with Crippen LogP contribution < -0.4 is 10.7 Å². The number of ketones is 1. The van der Waals surface area contributed by atoms with E-state index in [0.717, 1.165) is 21.5 Å². The van der Waals surface area contributed by atoms with E-state index in [-0.39, 0.29) is 5.78 Å². The van der Waals surface area contributed by atoms with Crippen molar-refractivity contribution in [3.63, 3.8) is 0 Å². The van der Waals surface area contributed by atoms with Crippen molar-refractivity contribution in [2.45, 2.75) is 13.8 Å². The van der Waals surface area contributed by atoms with Crippen molar-refractivity contribution in [1.29, 1.82) is 0 Å². The minimum absolute atomic E-state index is 0.189. The summed E-state index contributed by atoms with van der Waals surface area (Å²) in [5, 5.41) is 1.71. The van der Waals surface area contributed by atoms with Crippen molar-refractivity contribution >= 4 is 56.2 Å². The van der Waals surface area contributed by atoms with Gasteiger partial charge in [-0.25, -0.2) is 0 Å². The van der Waals surface area contributed by atoms with Gasteiger partial charge in [-0.2, -0.15) is 4.98 Å². The minimum atomic E-state index is -0.189. The zero-order valence-corrected chi connectivity index (χ0v) is 14.3. The summed E-state index contributed by atoms with van der Waals surface area (Å²) < 4.78 is 0. The van der Waals surface area contributed by atoms with E-state index >= 15 is 0 Å². The van der Waals surface area contributed by atoms with Crippen molar-refractivity contribution in [2.24, 2.45) is 0 Å². The van der Waals surface area contributed by atoms with E-state index in [0.29, 0.717) is 26.2 Å². The molecule has 0 saturated carbocycles. The number of rotatable bonds is 2. The molecule has 0 atom stereocenters. The maximum atomic E-state index is 12.8. The van der Waals surface area contributed by atoms with Gasteiger partial charge in [-0.3, -0.25) is 4.79 Å². The van der Waals surface area contributed by atoms with Crippen molar-refractivity contribution in [1.82, 2.24) is 0 Å². The maximum Gasteiger partial charge on any atom is 0.270 e. The van der Waals surface area contributed by atoms with Crippen molar-refractivity contribution < 1.29 is 9.78 Å². The lowest BCUT2D eigenvalue weighted by Gasteiger charge is -2.03. The van der Waals surface area contributed by atoms with Crippen LogP contribution in [0.1, 0.15) is 26.5 Å². The highest BCUT2D eigenvalue weighted by Crippen LogP contribution is 2.36. The zero-order valence-electron chi connectivity index (χ0n) is 12.0. The topological polar surface area (TPSA) is 57.2 Å². The van der Waals surface area contributed by atoms with Gasteiger partial charge in [0.2, 0.25) is 5.78 Å². The van der Waals surface area contributed by atoms with E-state index in [1.807, 2.05) is 19.9 Å². The van der Waals surface area contributed by atoms with Gasteiger partial charge in [-0.1, -0.05) is 34.5 Å². The first-order valence-electron chi connectivity index (χ1n) is 6.59. The number of benzene rings is 1. The van der Waals surface area contributed by atoms with Gasteiger partial charge in [0.1, 0.15) is 4.88 Å². The first-order valence-corrected chi connectivity index (χ1v) is 8.17. The lowest BCUT2D eigenvalue weighted by Crippen LogP contribution is -2.07. The standard InChI is InChI=1S/C16H12Cl2N2OS/c1-7-5-8(2)20-16-12(7)13(19)15(22-16)14(21)10-4-3-9(17)6-11(10)18/h3-6H,19H2,1-2H3/p+1. The molecule has 0 aliphatic rings. The Labute approximate surface area is 141 Å². The first-order chi connectivity index (χ1) is 10.4. The summed E-state index contributed by atoms with van der Waals surface area (Å²) in [5.74, 6) is -0.189. The number of aromatic nitrogens is 1. The van der Waals surface area contributed by atoms with Gasteiger partial charge in [-0.15, -0.1) is 0 Å². The fourth-order valence-corrected chi connectivity index (χ4v) is 4.20. The number of nitrogens with two attached hydrogens (primary N) is 1. The molecule has 2 heterocycles. The number of carbonyl (C=O) groups excluding carboxylic acids is 1. The fraction of sp³-hybridized carbons (Fsp3) is 0.125. The van der Waals surface area contributed by atoms with Crippen LogP contribution in [0.5, 0.6) is 0 Å². The summed E-state index contributed by atoms with van der Waals surface area (Å²) >= 11 is 13.4. The highest BCUT2D eigenvalue weighted by Gasteiger charge is 2.24. The number of pyridine rings is 1. The third kappa shape index (κ3) is 2.47. The fourth-order valence-electron chi connectivity index (χ4n) is 2.50. The molecule has 0 spiro atoms. The summed E-state index contributed by atoms with van der Waals surface area (Å²) in [4.78, 5) is 17.4. The van der Waals surface area contributed by atoms with Crippen LogP contribution in [0.3, 0.4) is 0 Å². The number of H-pyrrole nitrogens is 1. The highest BCUT2D eigenvalue weighted by atomic mass is 35.5. The lowest BCUT2D eigenvalue weighted by molar-refractivity contribution is -0.351. The Morgan fingerprint density at radius 3 is 2.64 bits per heavy atom. The molecule has 0 aliphatic carbocycles. The summed E-state index contributed by atoms with van der Waals surface area (Å²) in [6, 6.07) is 6.83. The molecule has 0 saturated heterocycles. The molecule has 1 aromatic carbocycles. The van der Waals surface area contributed by atoms with E-state index in [2.05, 4.69) is 4.98 Å². The molecule has 0 radical (unpaired) electrons. The number of aryl methyl sites for hydroxylation is 2. The largest absolute Gasteiger partial charge is 0.397 e. The predicted molar refractivity (Wildman–Crippen MR) is 92.2 cm³/mol. The number of nitrogens with one attached hydrogen (secondary N) is 1. The number of fused-ring (bicyclic) bond motifs is 1. The quantitative estimate of drug-likeness (QED) is 0.693. The van der Waals surface area contributed by atoms with Crippen LogP contribution in [0.25, 0.3) is 10.2 Å². The average Bonchev–Trinajstić information content (AvgIpc) is 2.75. The van der Waals surface area contributed by atoms with Gasteiger partial charge >= 0.3 is 0 Å². The second kappa shape index (κ2) is 5.54. The highest BCUT2D eigenvalue weighted by molar-refractivity contribution is 7.21. The number of thiophene rings is 1. The molecule has 2 aromatic heterocycles. The van der Waals surface area contributed by atoms with Crippen LogP contribution in [0.15, 0.2) is 24.3 Å². The Balaban J connectivity index is 2.20. The van der Waals surface area contributed by atoms with E-state index in [4.69, 9.17) is 28.9 Å². The maximum absolute atomic E-state index is 12.8. The Hall–Kier alpha value is -1.62. The predicted octanol–water partition coefficient (Wildman–Crippen LogP) is 4.45. The van der Waals surface area contributed by atoms with Crippen LogP contribution >= 0.6 is 34.5 Å². The number of hydrogen-bond acceptors (Lipinski definition) is 3. The number of nitrogen functional groups attached to an aromatic ring is 1. The van der Waals surface area contributed by atoms with Gasteiger partial charge in [0.15, 0.2) is 5.69 Å². The molecular formula is C16H13Cl2N2OS+. The monoisotopic (exact) mass is 351 g/mol. The molecular weight excluding hydrogens is 339 g/mol. The van der Waals surface area contributed by atoms with Crippen LogP contribution in [0.4, 0.5) is 5.69 Å². The molecule has 3 N–H and O–H groups in total. The number of carbonyl (C=O) groups is 1. The molecule has 112 valence electrons. The normalized spacial score (nSPS) is 11.1. The molecule has 0 amide bonds. The van der Waals surface area contributed by atoms with Crippen LogP contribution in [0.2, 0.25) is 10.0 Å². The van der Waals surface area contributed by atoms with E-state index in [9.17, 15) is 4.79 Å². The molecule has 0 aliphatic heterocycles. The summed E-state index contributed by atoms with van der Waals surface area (Å²) in [6.45, 7) is 3.95. The summed E-state index contributed by atoms with van der Waals surface area (Å²) in [6.07, 6.45) is 0. The number of hydrogen-bond donors (Lipinski definition) is 1. The Morgan fingerprint density at radius 2 is 1.95 bits per heavy atom. The summed E-state index contributed by atoms with van der Waals surface area (Å²) in [7, 11) is 0. The molecule has 0 fully saturated rings. The molecule has 3 nitrogen and oxygen atoms in total. The molecule has 3 aromatic rings. The van der Waals surface area contributed by atoms with Gasteiger partial charge in [0, 0.05) is 23.6 Å². The van der Waals surface area contributed by atoms with Crippen molar-refractivity contribution in [3.05, 3.63) is 56.0 Å². The Kier molecular flexibility index (Phi) is 3.85. The van der Waals surface area contributed by atoms with E-state index in [1.54, 1.807) is 18.2 Å². The third-order valence-corrected chi connectivity index (χ3v) is 5.13. The molecule has 6 heteroatoms. The molecule has 3 rings (SSSR count).